The van der Waals surface area contributed by atoms with E-state index < -0.39 is 42.0 Å². The molecule has 2 unspecified atom stereocenters. The number of para-hydroxylation sites is 2. The fraction of sp³-hybridized carbons (Fsp3) is 0.300. The third-order valence-corrected chi connectivity index (χ3v) is 5.02. The number of carboxylic acid groups (broad SMARTS) is 1. The fourth-order valence-corrected chi connectivity index (χ4v) is 3.39. The third-order valence-electron chi connectivity index (χ3n) is 5.02. The van der Waals surface area contributed by atoms with E-state index in [0.717, 1.165) is 23.2 Å². The molecule has 176 valence electrons. The first-order chi connectivity index (χ1) is 15.5. The lowest BCUT2D eigenvalue weighted by atomic mass is 9.96. The number of nitrogens with zero attached hydrogens (tertiary/aromatic N) is 2. The second-order valence-corrected chi connectivity index (χ2v) is 7.32. The number of amides is 4. The van der Waals surface area contributed by atoms with Crippen molar-refractivity contribution in [1.29, 1.82) is 0 Å². The third kappa shape index (κ3) is 6.02. The first-order valence-electron chi connectivity index (χ1n) is 9.80. The summed E-state index contributed by atoms with van der Waals surface area (Å²) in [4.78, 5) is 40.9. The highest BCUT2D eigenvalue weighted by Crippen LogP contribution is 2.28. The molecular weight excluding hydrogens is 445 g/mol. The quantitative estimate of drug-likeness (QED) is 0.437. The Morgan fingerprint density at radius 2 is 1.85 bits per heavy atom. The number of nitrogens with two attached hydrogens (primary N) is 1. The molecule has 6 N–H and O–H groups in total. The van der Waals surface area contributed by atoms with E-state index in [2.05, 4.69) is 20.9 Å². The lowest BCUT2D eigenvalue weighted by molar-refractivity contribution is -0.141. The second kappa shape index (κ2) is 9.63. The summed E-state index contributed by atoms with van der Waals surface area (Å²) in [6.45, 7) is -0.00945. The molecule has 0 radical (unpaired) electrons. The number of carbonyl (C=O) groups is 3. The Morgan fingerprint density at radius 1 is 1.12 bits per heavy atom. The highest BCUT2D eigenvalue weighted by atomic mass is 19.4. The zero-order valence-electron chi connectivity index (χ0n) is 17.1. The lowest BCUT2D eigenvalue weighted by Crippen LogP contribution is -2.56. The number of likely N-dealkylation sites (tertiary alicyclic amines) is 1. The molecule has 2 aromatic rings. The minimum absolute atomic E-state index is 0.00945. The van der Waals surface area contributed by atoms with Crippen LogP contribution in [0.2, 0.25) is 0 Å². The van der Waals surface area contributed by atoms with Gasteiger partial charge in [-0.1, -0.05) is 12.1 Å². The van der Waals surface area contributed by atoms with Crippen LogP contribution in [0.5, 0.6) is 0 Å². The van der Waals surface area contributed by atoms with E-state index >= 15 is 0 Å². The highest BCUT2D eigenvalue weighted by Gasteiger charge is 2.37. The number of rotatable bonds is 4. The smallest absolute Gasteiger partial charge is 0.433 e. The Morgan fingerprint density at radius 3 is 2.45 bits per heavy atom. The molecule has 3 rings (SSSR count). The van der Waals surface area contributed by atoms with Crippen LogP contribution in [0.25, 0.3) is 0 Å². The Bertz CT molecular complexity index is 1030. The number of anilines is 3. The van der Waals surface area contributed by atoms with Gasteiger partial charge in [-0.25, -0.2) is 14.6 Å². The summed E-state index contributed by atoms with van der Waals surface area (Å²) in [5, 5.41) is 17.0. The molecule has 0 aliphatic carbocycles. The van der Waals surface area contributed by atoms with Crippen molar-refractivity contribution in [2.75, 3.05) is 22.9 Å². The van der Waals surface area contributed by atoms with Gasteiger partial charge in [-0.05, 0) is 37.1 Å². The number of piperidine rings is 1. The van der Waals surface area contributed by atoms with Gasteiger partial charge >= 0.3 is 18.3 Å². The van der Waals surface area contributed by atoms with Crippen molar-refractivity contribution in [2.45, 2.75) is 31.1 Å². The normalized spacial score (nSPS) is 18.3. The lowest BCUT2D eigenvalue weighted by Gasteiger charge is -2.37. The summed E-state index contributed by atoms with van der Waals surface area (Å²) >= 11 is 0. The number of carbonyl (C=O) groups excluding carboxylic acids is 2. The molecule has 2 heterocycles. The van der Waals surface area contributed by atoms with Gasteiger partial charge in [0.1, 0.15) is 11.7 Å². The number of benzene rings is 1. The number of halogens is 3. The van der Waals surface area contributed by atoms with Crippen LogP contribution in [-0.4, -0.2) is 51.7 Å². The molecular formula is C20H21F3N6O4. The van der Waals surface area contributed by atoms with E-state index in [1.54, 1.807) is 24.3 Å². The molecule has 1 fully saturated rings. The average Bonchev–Trinajstić information content (AvgIpc) is 2.74. The Kier molecular flexibility index (Phi) is 6.89. The number of alkyl halides is 3. The minimum Gasteiger partial charge on any atom is -0.465 e. The molecule has 33 heavy (non-hydrogen) atoms. The maximum Gasteiger partial charge on any atom is 0.433 e. The van der Waals surface area contributed by atoms with Crippen molar-refractivity contribution in [3.05, 3.63) is 48.3 Å². The SMILES string of the molecule is Nc1ccccc1NC(=O)C1CC(NC(=O)Nc2ccc(C(F)(F)F)nc2)CCN1C(=O)O. The topological polar surface area (TPSA) is 150 Å². The molecule has 1 saturated heterocycles. The minimum atomic E-state index is -4.60. The zero-order chi connectivity index (χ0) is 24.2. The molecule has 13 heteroatoms. The maximum absolute atomic E-state index is 12.8. The van der Waals surface area contributed by atoms with Crippen LogP contribution in [0, 0.1) is 0 Å². The van der Waals surface area contributed by atoms with Crippen LogP contribution in [0.15, 0.2) is 42.6 Å². The predicted molar refractivity (Wildman–Crippen MR) is 112 cm³/mol. The molecule has 1 aromatic heterocycles. The van der Waals surface area contributed by atoms with Crippen LogP contribution in [0.4, 0.5) is 39.8 Å². The predicted octanol–water partition coefficient (Wildman–Crippen LogP) is 2.95. The molecule has 0 bridgehead atoms. The van der Waals surface area contributed by atoms with Crippen LogP contribution in [0.1, 0.15) is 18.5 Å². The van der Waals surface area contributed by atoms with Gasteiger partial charge < -0.3 is 26.8 Å². The summed E-state index contributed by atoms with van der Waals surface area (Å²) in [7, 11) is 0. The number of pyridine rings is 1. The summed E-state index contributed by atoms with van der Waals surface area (Å²) in [6, 6.07) is 5.91. The summed E-state index contributed by atoms with van der Waals surface area (Å²) in [5.41, 5.74) is 5.40. The molecule has 0 saturated carbocycles. The Hall–Kier alpha value is -4.03. The van der Waals surface area contributed by atoms with Crippen LogP contribution in [0.3, 0.4) is 0 Å². The fourth-order valence-electron chi connectivity index (χ4n) is 3.39. The van der Waals surface area contributed by atoms with E-state index in [1.807, 2.05) is 0 Å². The van der Waals surface area contributed by atoms with Crippen LogP contribution < -0.4 is 21.7 Å². The Balaban J connectivity index is 1.63. The number of nitrogen functional groups attached to an aromatic ring is 1. The van der Waals surface area contributed by atoms with Crippen molar-refractivity contribution in [3.63, 3.8) is 0 Å². The highest BCUT2D eigenvalue weighted by molar-refractivity contribution is 5.98. The van der Waals surface area contributed by atoms with Gasteiger partial charge in [0.05, 0.1) is 23.3 Å². The number of hydrogen-bond acceptors (Lipinski definition) is 5. The van der Waals surface area contributed by atoms with Crippen LogP contribution >= 0.6 is 0 Å². The van der Waals surface area contributed by atoms with Gasteiger partial charge in [-0.2, -0.15) is 13.2 Å². The Labute approximate surface area is 186 Å². The van der Waals surface area contributed by atoms with Crippen molar-refractivity contribution in [2.24, 2.45) is 0 Å². The van der Waals surface area contributed by atoms with E-state index in [0.29, 0.717) is 11.4 Å². The number of hydrogen-bond donors (Lipinski definition) is 5. The second-order valence-electron chi connectivity index (χ2n) is 7.32. The van der Waals surface area contributed by atoms with Gasteiger partial charge in [0, 0.05) is 12.6 Å². The monoisotopic (exact) mass is 466 g/mol. The van der Waals surface area contributed by atoms with E-state index in [1.165, 1.54) is 0 Å². The van der Waals surface area contributed by atoms with Gasteiger partial charge in [0.2, 0.25) is 5.91 Å². The molecule has 4 amide bonds. The van der Waals surface area contributed by atoms with Crippen molar-refractivity contribution in [3.8, 4) is 0 Å². The van der Waals surface area contributed by atoms with E-state index in [9.17, 15) is 32.7 Å². The maximum atomic E-state index is 12.8. The summed E-state index contributed by atoms with van der Waals surface area (Å²) in [6.07, 6.45) is -4.78. The number of aromatic nitrogens is 1. The molecule has 0 spiro atoms. The van der Waals surface area contributed by atoms with E-state index in [-0.39, 0.29) is 25.1 Å². The van der Waals surface area contributed by atoms with Gasteiger partial charge in [-0.3, -0.25) is 9.69 Å². The first-order valence-corrected chi connectivity index (χ1v) is 9.80. The van der Waals surface area contributed by atoms with Crippen molar-refractivity contribution >= 4 is 35.1 Å². The number of urea groups is 1. The molecule has 1 aliphatic rings. The number of nitrogens with one attached hydrogen (secondary N) is 3. The zero-order valence-corrected chi connectivity index (χ0v) is 17.1. The van der Waals surface area contributed by atoms with Crippen molar-refractivity contribution in [1.82, 2.24) is 15.2 Å². The van der Waals surface area contributed by atoms with Gasteiger partial charge in [0.25, 0.3) is 0 Å². The van der Waals surface area contributed by atoms with Gasteiger partial charge in [0.15, 0.2) is 0 Å². The largest absolute Gasteiger partial charge is 0.465 e. The molecule has 1 aromatic carbocycles. The molecule has 2 atom stereocenters. The van der Waals surface area contributed by atoms with E-state index in [4.69, 9.17) is 5.73 Å². The molecule has 1 aliphatic heterocycles. The van der Waals surface area contributed by atoms with Gasteiger partial charge in [-0.15, -0.1) is 0 Å². The van der Waals surface area contributed by atoms with Crippen LogP contribution in [-0.2, 0) is 11.0 Å². The summed E-state index contributed by atoms with van der Waals surface area (Å²) in [5.74, 6) is -0.603. The average molecular weight is 466 g/mol. The standard InChI is InChI=1S/C20H21F3N6O4/c21-20(22,23)16-6-5-12(10-25-16)27-18(31)26-11-7-8-29(19(32)33)15(9-11)17(30)28-14-4-2-1-3-13(14)24/h1-6,10-11,15H,7-9,24H2,(H,28,30)(H,32,33)(H2,26,27,31). The first kappa shape index (κ1) is 23.6. The molecule has 10 nitrogen and oxygen atoms in total. The summed E-state index contributed by atoms with van der Waals surface area (Å²) < 4.78 is 37.8. The van der Waals surface area contributed by atoms with Crippen molar-refractivity contribution < 1.29 is 32.7 Å².